The van der Waals surface area contributed by atoms with E-state index in [0.717, 1.165) is 6.20 Å². The van der Waals surface area contributed by atoms with Gasteiger partial charge in [-0.05, 0) is 28.2 Å². The molecule has 0 aliphatic heterocycles. The minimum Gasteiger partial charge on any atom is -0.254 e. The Morgan fingerprint density at radius 3 is 2.31 bits per heavy atom. The average molecular weight is 371 g/mol. The van der Waals surface area contributed by atoms with Crippen molar-refractivity contribution in [2.24, 2.45) is 0 Å². The number of hydrogen-bond acceptors (Lipinski definition) is 1. The van der Waals surface area contributed by atoms with Gasteiger partial charge in [-0.2, -0.15) is 13.2 Å². The van der Waals surface area contributed by atoms with Crippen molar-refractivity contribution in [3.63, 3.8) is 0 Å². The van der Waals surface area contributed by atoms with E-state index < -0.39 is 29.7 Å². The highest BCUT2D eigenvalue weighted by Gasteiger charge is 2.39. The summed E-state index contributed by atoms with van der Waals surface area (Å²) in [6, 6.07) is 0. The molecule has 0 unspecified atom stereocenters. The van der Waals surface area contributed by atoms with Gasteiger partial charge in [0.05, 0.1) is 5.56 Å². The highest BCUT2D eigenvalue weighted by molar-refractivity contribution is 14.1. The standard InChI is InChI=1S/C8H4ClF5IN/c9-1-3-4(15)2-16-6(7(10)11)5(3)8(12,13)14/h2,7H,1H2. The first-order chi connectivity index (χ1) is 7.29. The van der Waals surface area contributed by atoms with E-state index >= 15 is 0 Å². The molecular weight excluding hydrogens is 367 g/mol. The van der Waals surface area contributed by atoms with E-state index in [2.05, 4.69) is 4.98 Å². The molecule has 0 amide bonds. The van der Waals surface area contributed by atoms with E-state index in [-0.39, 0.29) is 9.13 Å². The first-order valence-corrected chi connectivity index (χ1v) is 5.49. The van der Waals surface area contributed by atoms with Crippen LogP contribution in [-0.4, -0.2) is 4.98 Å². The number of rotatable bonds is 2. The van der Waals surface area contributed by atoms with E-state index in [0.29, 0.717) is 0 Å². The molecule has 1 aromatic heterocycles. The Morgan fingerprint density at radius 1 is 1.38 bits per heavy atom. The van der Waals surface area contributed by atoms with Crippen LogP contribution in [0.15, 0.2) is 6.20 Å². The smallest absolute Gasteiger partial charge is 0.254 e. The van der Waals surface area contributed by atoms with Crippen LogP contribution in [0.2, 0.25) is 0 Å². The molecule has 0 spiro atoms. The van der Waals surface area contributed by atoms with Crippen molar-refractivity contribution in [3.8, 4) is 0 Å². The molecule has 0 aliphatic rings. The van der Waals surface area contributed by atoms with Crippen LogP contribution in [0.3, 0.4) is 0 Å². The Kier molecular flexibility index (Phi) is 4.33. The lowest BCUT2D eigenvalue weighted by molar-refractivity contribution is -0.140. The zero-order valence-corrected chi connectivity index (χ0v) is 10.4. The van der Waals surface area contributed by atoms with Crippen molar-refractivity contribution >= 4 is 34.2 Å². The van der Waals surface area contributed by atoms with E-state index in [1.54, 1.807) is 22.6 Å². The molecule has 0 aromatic carbocycles. The van der Waals surface area contributed by atoms with Gasteiger partial charge in [0.1, 0.15) is 5.69 Å². The predicted molar refractivity (Wildman–Crippen MR) is 56.5 cm³/mol. The van der Waals surface area contributed by atoms with Crippen LogP contribution in [0, 0.1) is 3.57 Å². The predicted octanol–water partition coefficient (Wildman–Crippen LogP) is 4.38. The van der Waals surface area contributed by atoms with Crippen molar-refractivity contribution in [2.75, 3.05) is 0 Å². The summed E-state index contributed by atoms with van der Waals surface area (Å²) in [5.74, 6) is -0.491. The summed E-state index contributed by atoms with van der Waals surface area (Å²) >= 11 is 6.92. The number of nitrogens with zero attached hydrogens (tertiary/aromatic N) is 1. The SMILES string of the molecule is FC(F)c1ncc(I)c(CCl)c1C(F)(F)F. The highest BCUT2D eigenvalue weighted by atomic mass is 127. The molecule has 0 fully saturated rings. The summed E-state index contributed by atoms with van der Waals surface area (Å²) in [4.78, 5) is 3.12. The summed E-state index contributed by atoms with van der Waals surface area (Å²) in [6.07, 6.45) is -7.21. The van der Waals surface area contributed by atoms with E-state index in [1.165, 1.54) is 0 Å². The van der Waals surface area contributed by atoms with Gasteiger partial charge in [-0.25, -0.2) is 8.78 Å². The number of alkyl halides is 6. The third-order valence-electron chi connectivity index (χ3n) is 1.79. The number of pyridine rings is 1. The van der Waals surface area contributed by atoms with Crippen molar-refractivity contribution in [1.82, 2.24) is 4.98 Å². The molecule has 1 heterocycles. The Balaban J connectivity index is 3.54. The van der Waals surface area contributed by atoms with Crippen LogP contribution in [-0.2, 0) is 12.1 Å². The van der Waals surface area contributed by atoms with E-state index in [1.807, 2.05) is 0 Å². The molecule has 0 atom stereocenters. The third kappa shape index (κ3) is 2.73. The lowest BCUT2D eigenvalue weighted by Crippen LogP contribution is -2.15. The van der Waals surface area contributed by atoms with Gasteiger partial charge < -0.3 is 0 Å². The van der Waals surface area contributed by atoms with Gasteiger partial charge >= 0.3 is 6.18 Å². The van der Waals surface area contributed by atoms with Gasteiger partial charge in [-0.3, -0.25) is 4.98 Å². The molecule has 0 bridgehead atoms. The van der Waals surface area contributed by atoms with Crippen molar-refractivity contribution in [2.45, 2.75) is 18.5 Å². The largest absolute Gasteiger partial charge is 0.418 e. The molecule has 8 heteroatoms. The number of hydrogen-bond donors (Lipinski definition) is 0. The lowest BCUT2D eigenvalue weighted by Gasteiger charge is -2.16. The third-order valence-corrected chi connectivity index (χ3v) is 2.98. The Labute approximate surface area is 106 Å². The molecule has 0 saturated carbocycles. The molecule has 0 aliphatic carbocycles. The zero-order valence-electron chi connectivity index (χ0n) is 7.45. The monoisotopic (exact) mass is 371 g/mol. The number of halogens is 7. The van der Waals surface area contributed by atoms with Crippen molar-refractivity contribution in [1.29, 1.82) is 0 Å². The van der Waals surface area contributed by atoms with E-state index in [4.69, 9.17) is 11.6 Å². The van der Waals surface area contributed by atoms with Crippen molar-refractivity contribution in [3.05, 3.63) is 26.6 Å². The first kappa shape index (κ1) is 13.9. The molecule has 0 N–H and O–H groups in total. The van der Waals surface area contributed by atoms with Crippen LogP contribution < -0.4 is 0 Å². The maximum Gasteiger partial charge on any atom is 0.418 e. The second kappa shape index (κ2) is 4.99. The minimum absolute atomic E-state index is 0.115. The fourth-order valence-electron chi connectivity index (χ4n) is 1.16. The maximum absolute atomic E-state index is 12.6. The summed E-state index contributed by atoms with van der Waals surface area (Å²) in [5, 5.41) is 0. The zero-order chi connectivity index (χ0) is 12.5. The van der Waals surface area contributed by atoms with Gasteiger partial charge in [0.25, 0.3) is 6.43 Å². The van der Waals surface area contributed by atoms with Gasteiger partial charge in [0, 0.05) is 15.6 Å². The van der Waals surface area contributed by atoms with Gasteiger partial charge in [-0.15, -0.1) is 11.6 Å². The summed E-state index contributed by atoms with van der Waals surface area (Å²) < 4.78 is 62.7. The van der Waals surface area contributed by atoms with Gasteiger partial charge in [0.2, 0.25) is 0 Å². The van der Waals surface area contributed by atoms with Crippen molar-refractivity contribution < 1.29 is 22.0 Å². The fraction of sp³-hybridized carbons (Fsp3) is 0.375. The molecular formula is C8H4ClF5IN. The molecule has 16 heavy (non-hydrogen) atoms. The molecule has 1 aromatic rings. The molecule has 1 rings (SSSR count). The van der Waals surface area contributed by atoms with Crippen LogP contribution >= 0.6 is 34.2 Å². The fourth-order valence-corrected chi connectivity index (χ4v) is 2.26. The van der Waals surface area contributed by atoms with E-state index in [9.17, 15) is 22.0 Å². The molecule has 0 radical (unpaired) electrons. The molecule has 0 saturated heterocycles. The lowest BCUT2D eigenvalue weighted by atomic mass is 10.1. The van der Waals surface area contributed by atoms with Gasteiger partial charge in [-0.1, -0.05) is 0 Å². The minimum atomic E-state index is -4.88. The van der Waals surface area contributed by atoms with Crippen LogP contribution in [0.1, 0.15) is 23.2 Å². The maximum atomic E-state index is 12.6. The molecule has 1 nitrogen and oxygen atoms in total. The van der Waals surface area contributed by atoms with Crippen LogP contribution in [0.5, 0.6) is 0 Å². The summed E-state index contributed by atoms with van der Waals surface area (Å²) in [7, 11) is 0. The highest BCUT2D eigenvalue weighted by Crippen LogP contribution is 2.39. The van der Waals surface area contributed by atoms with Gasteiger partial charge in [0.15, 0.2) is 0 Å². The Hall–Kier alpha value is -0.180. The normalized spacial score (nSPS) is 12.2. The Morgan fingerprint density at radius 2 is 1.94 bits per heavy atom. The number of aromatic nitrogens is 1. The second-order valence-corrected chi connectivity index (χ2v) is 4.21. The molecule has 90 valence electrons. The average Bonchev–Trinajstić information content (AvgIpc) is 2.15. The topological polar surface area (TPSA) is 12.9 Å². The van der Waals surface area contributed by atoms with Crippen LogP contribution in [0.4, 0.5) is 22.0 Å². The first-order valence-electron chi connectivity index (χ1n) is 3.87. The quantitative estimate of drug-likeness (QED) is 0.427. The Bertz CT molecular complexity index is 393. The summed E-state index contributed by atoms with van der Waals surface area (Å²) in [6.45, 7) is 0. The second-order valence-electron chi connectivity index (χ2n) is 2.78. The summed E-state index contributed by atoms with van der Waals surface area (Å²) in [5.41, 5.74) is -3.06. The van der Waals surface area contributed by atoms with Crippen LogP contribution in [0.25, 0.3) is 0 Å².